The summed E-state index contributed by atoms with van der Waals surface area (Å²) in [5, 5.41) is 27.9. The average Bonchev–Trinajstić information content (AvgIpc) is 3.46. The molecule has 13 heteroatoms. The van der Waals surface area contributed by atoms with Gasteiger partial charge in [0, 0.05) is 42.5 Å². The molecule has 3 heterocycles. The summed E-state index contributed by atoms with van der Waals surface area (Å²) in [7, 11) is 1.83. The lowest BCUT2D eigenvalue weighted by molar-refractivity contribution is -0.138. The lowest BCUT2D eigenvalue weighted by Gasteiger charge is -2.36. The number of aromatic hydroxyl groups is 1. The van der Waals surface area contributed by atoms with Crippen LogP contribution in [-0.4, -0.2) is 57.8 Å². The Morgan fingerprint density at radius 3 is 2.56 bits per heavy atom. The number of ether oxygens (including phenoxy) is 2. The van der Waals surface area contributed by atoms with Gasteiger partial charge in [-0.2, -0.15) is 4.39 Å². The predicted octanol–water partition coefficient (Wildman–Crippen LogP) is 4.96. The van der Waals surface area contributed by atoms with E-state index < -0.39 is 41.4 Å². The Balaban J connectivity index is 1.38. The van der Waals surface area contributed by atoms with Crippen molar-refractivity contribution in [2.24, 2.45) is 10.7 Å². The second-order valence-corrected chi connectivity index (χ2v) is 10.7. The number of phenols is 1. The van der Waals surface area contributed by atoms with Crippen LogP contribution in [0.4, 0.5) is 14.5 Å². The first-order valence-corrected chi connectivity index (χ1v) is 13.9. The molecule has 0 amide bonds. The van der Waals surface area contributed by atoms with Gasteiger partial charge in [0.15, 0.2) is 17.3 Å². The van der Waals surface area contributed by atoms with Crippen molar-refractivity contribution in [3.8, 4) is 28.9 Å². The zero-order chi connectivity index (χ0) is 31.8. The number of halogens is 2. The maximum absolute atomic E-state index is 15.7. The third kappa shape index (κ3) is 5.72. The smallest absolute Gasteiger partial charge is 0.326 e. The fraction of sp³-hybridized carbons (Fsp3) is 0.188. The topological polar surface area (TPSA) is 158 Å². The number of fused-ring (bicyclic) bond motifs is 1. The van der Waals surface area contributed by atoms with Gasteiger partial charge >= 0.3 is 5.97 Å². The lowest BCUT2D eigenvalue weighted by atomic mass is 9.93. The first-order valence-electron chi connectivity index (χ1n) is 13.9. The van der Waals surface area contributed by atoms with Crippen LogP contribution in [0.1, 0.15) is 28.4 Å². The number of anilines is 1. The summed E-state index contributed by atoms with van der Waals surface area (Å²) in [5.41, 5.74) is 8.71. The van der Waals surface area contributed by atoms with Crippen molar-refractivity contribution in [2.45, 2.75) is 25.2 Å². The van der Waals surface area contributed by atoms with Gasteiger partial charge in [0.05, 0.1) is 6.20 Å². The predicted molar refractivity (Wildman–Crippen MR) is 161 cm³/mol. The molecule has 1 aromatic heterocycles. The SMILES string of the molecule is CN1CC=NC1c1cc(N2Cc3ccccc3CC2C(=O)O)ccc1Oc1c(F)cnc(Oc2cc(C(=N)N)ccc2O)c1F. The molecule has 6 rings (SSSR count). The van der Waals surface area contributed by atoms with E-state index in [1.807, 2.05) is 36.2 Å². The fourth-order valence-corrected chi connectivity index (χ4v) is 5.41. The number of carboxylic acid groups (broad SMARTS) is 1. The van der Waals surface area contributed by atoms with Crippen LogP contribution in [0.15, 0.2) is 71.9 Å². The number of rotatable bonds is 8. The average molecular weight is 615 g/mol. The maximum Gasteiger partial charge on any atom is 0.326 e. The Kier molecular flexibility index (Phi) is 7.77. The molecule has 0 saturated carbocycles. The van der Waals surface area contributed by atoms with Gasteiger partial charge in [0.2, 0.25) is 11.6 Å². The Labute approximate surface area is 256 Å². The van der Waals surface area contributed by atoms with Crippen molar-refractivity contribution in [1.29, 1.82) is 5.41 Å². The maximum atomic E-state index is 15.7. The summed E-state index contributed by atoms with van der Waals surface area (Å²) in [6.07, 6.45) is 2.16. The van der Waals surface area contributed by atoms with E-state index in [1.165, 1.54) is 24.3 Å². The number of aromatic nitrogens is 1. The van der Waals surface area contributed by atoms with E-state index in [9.17, 15) is 15.0 Å². The highest BCUT2D eigenvalue weighted by molar-refractivity contribution is 5.95. The number of aliphatic imine (C=N–C) groups is 1. The minimum Gasteiger partial charge on any atom is -0.504 e. The highest BCUT2D eigenvalue weighted by Gasteiger charge is 2.33. The van der Waals surface area contributed by atoms with E-state index >= 15 is 8.78 Å². The number of hydrogen-bond donors (Lipinski definition) is 4. The van der Waals surface area contributed by atoms with Gasteiger partial charge in [-0.25, -0.2) is 14.2 Å². The van der Waals surface area contributed by atoms with Crippen LogP contribution in [0.3, 0.4) is 0 Å². The molecule has 230 valence electrons. The number of nitrogens with zero attached hydrogens (tertiary/aromatic N) is 4. The summed E-state index contributed by atoms with van der Waals surface area (Å²) in [6.45, 7) is 0.866. The van der Waals surface area contributed by atoms with Crippen LogP contribution in [0.2, 0.25) is 0 Å². The molecule has 0 radical (unpaired) electrons. The van der Waals surface area contributed by atoms with Crippen LogP contribution in [-0.2, 0) is 17.8 Å². The van der Waals surface area contributed by atoms with Crippen molar-refractivity contribution in [2.75, 3.05) is 18.5 Å². The van der Waals surface area contributed by atoms with Crippen molar-refractivity contribution >= 4 is 23.7 Å². The molecule has 0 fully saturated rings. The fourth-order valence-electron chi connectivity index (χ4n) is 5.41. The third-order valence-corrected chi connectivity index (χ3v) is 7.76. The summed E-state index contributed by atoms with van der Waals surface area (Å²) >= 11 is 0. The molecule has 2 unspecified atom stereocenters. The molecule has 2 aliphatic rings. The van der Waals surface area contributed by atoms with Gasteiger partial charge in [-0.15, -0.1) is 0 Å². The summed E-state index contributed by atoms with van der Waals surface area (Å²) < 4.78 is 42.1. The number of aliphatic carboxylic acids is 1. The molecule has 2 atom stereocenters. The number of nitrogens with two attached hydrogens (primary N) is 1. The van der Waals surface area contributed by atoms with Crippen molar-refractivity contribution in [1.82, 2.24) is 9.88 Å². The van der Waals surface area contributed by atoms with Crippen LogP contribution < -0.4 is 20.1 Å². The molecular formula is C32H28F2N6O5. The minimum atomic E-state index is -1.28. The first-order chi connectivity index (χ1) is 21.6. The van der Waals surface area contributed by atoms with E-state index in [0.717, 1.165) is 17.3 Å². The summed E-state index contributed by atoms with van der Waals surface area (Å²) in [4.78, 5) is 24.2. The van der Waals surface area contributed by atoms with Gasteiger partial charge in [0.1, 0.15) is 23.8 Å². The van der Waals surface area contributed by atoms with E-state index in [4.69, 9.17) is 20.6 Å². The quantitative estimate of drug-likeness (QED) is 0.159. The lowest BCUT2D eigenvalue weighted by Crippen LogP contribution is -2.45. The van der Waals surface area contributed by atoms with Gasteiger partial charge in [-0.3, -0.25) is 15.3 Å². The summed E-state index contributed by atoms with van der Waals surface area (Å²) in [5.74, 6) is -5.73. The molecule has 0 spiro atoms. The molecule has 45 heavy (non-hydrogen) atoms. The first kappa shape index (κ1) is 29.5. The molecule has 2 aliphatic heterocycles. The van der Waals surface area contributed by atoms with Gasteiger partial charge in [-0.1, -0.05) is 24.3 Å². The number of phenolic OH excluding ortho intramolecular Hbond substituents is 1. The van der Waals surface area contributed by atoms with Gasteiger partial charge in [0.25, 0.3) is 5.88 Å². The molecule has 0 bridgehead atoms. The van der Waals surface area contributed by atoms with E-state index in [0.29, 0.717) is 30.8 Å². The van der Waals surface area contributed by atoms with Crippen molar-refractivity contribution < 1.29 is 33.3 Å². The van der Waals surface area contributed by atoms with E-state index in [2.05, 4.69) is 9.98 Å². The molecule has 11 nitrogen and oxygen atoms in total. The molecule has 3 aromatic carbocycles. The highest BCUT2D eigenvalue weighted by Crippen LogP contribution is 2.42. The monoisotopic (exact) mass is 614 g/mol. The van der Waals surface area contributed by atoms with Crippen LogP contribution in [0.25, 0.3) is 0 Å². The van der Waals surface area contributed by atoms with Crippen molar-refractivity contribution in [3.05, 3.63) is 101 Å². The van der Waals surface area contributed by atoms with E-state index in [-0.39, 0.29) is 28.6 Å². The number of nitrogens with one attached hydrogen (secondary N) is 1. The Hall–Kier alpha value is -5.56. The summed E-state index contributed by atoms with van der Waals surface area (Å²) in [6, 6.07) is 15.5. The van der Waals surface area contributed by atoms with Crippen LogP contribution in [0, 0.1) is 17.0 Å². The number of carboxylic acids is 1. The number of benzene rings is 3. The normalized spacial score (nSPS) is 17.6. The molecular weight excluding hydrogens is 586 g/mol. The number of pyridine rings is 1. The molecule has 0 aliphatic carbocycles. The van der Waals surface area contributed by atoms with Crippen LogP contribution >= 0.6 is 0 Å². The Bertz CT molecular complexity index is 1850. The molecule has 5 N–H and O–H groups in total. The Morgan fingerprint density at radius 2 is 1.84 bits per heavy atom. The largest absolute Gasteiger partial charge is 0.504 e. The second kappa shape index (κ2) is 11.8. The second-order valence-electron chi connectivity index (χ2n) is 10.7. The number of carbonyl (C=O) groups is 1. The molecule has 4 aromatic rings. The van der Waals surface area contributed by atoms with Gasteiger partial charge < -0.3 is 30.3 Å². The standard InChI is InChI=1S/C32H28F2N6O5/c1-39-11-10-37-30(39)21-14-20(40-16-19-5-3-2-4-17(19)12-23(40)32(42)43)7-9-25(21)44-28-22(33)15-38-31(27(28)34)45-26-13-18(29(35)36)6-8-24(26)41/h2-10,13-15,23,30,41H,11-12,16H2,1H3,(H3,35,36)(H,42,43). The number of hydrogen-bond acceptors (Lipinski definition) is 9. The van der Waals surface area contributed by atoms with Crippen molar-refractivity contribution in [3.63, 3.8) is 0 Å². The van der Waals surface area contributed by atoms with E-state index in [1.54, 1.807) is 23.2 Å². The minimum absolute atomic E-state index is 0.0790. The van der Waals surface area contributed by atoms with Crippen LogP contribution in [0.5, 0.6) is 28.9 Å². The number of amidine groups is 1. The Morgan fingerprint density at radius 1 is 1.07 bits per heavy atom. The highest BCUT2D eigenvalue weighted by atomic mass is 19.1. The third-order valence-electron chi connectivity index (χ3n) is 7.76. The van der Waals surface area contributed by atoms with Gasteiger partial charge in [-0.05, 0) is 54.6 Å². The zero-order valence-corrected chi connectivity index (χ0v) is 23.9. The zero-order valence-electron chi connectivity index (χ0n) is 23.9. The molecule has 0 saturated heterocycles. The number of nitrogen functional groups attached to an aromatic ring is 1.